The summed E-state index contributed by atoms with van der Waals surface area (Å²) >= 11 is 0. The van der Waals surface area contributed by atoms with Crippen molar-refractivity contribution in [1.82, 2.24) is 0 Å². The van der Waals surface area contributed by atoms with E-state index in [4.69, 9.17) is 0 Å². The molecule has 0 spiro atoms. The molecule has 3 rings (SSSR count). The molecule has 0 heterocycles. The predicted octanol–water partition coefficient (Wildman–Crippen LogP) is 9.39. The molecule has 0 saturated heterocycles. The van der Waals surface area contributed by atoms with Gasteiger partial charge in [0.2, 0.25) is 0 Å². The number of hydrogen-bond acceptors (Lipinski definition) is 0. The fraction of sp³-hybridized carbons (Fsp3) is 0.714. The first-order valence-corrected chi connectivity index (χ1v) is 12.8. The first kappa shape index (κ1) is 24.4. The highest BCUT2D eigenvalue weighted by molar-refractivity contribution is 5.24. The summed E-state index contributed by atoms with van der Waals surface area (Å²) in [5.74, 6) is 3.64. The summed E-state index contributed by atoms with van der Waals surface area (Å²) in [6.07, 6.45) is 19.0. The summed E-state index contributed by atoms with van der Waals surface area (Å²) in [6, 6.07) is 5.61. The third-order valence-corrected chi connectivity index (χ3v) is 7.88. The molecule has 1 aromatic carbocycles. The van der Waals surface area contributed by atoms with Gasteiger partial charge in [-0.15, -0.1) is 0 Å². The van der Waals surface area contributed by atoms with Gasteiger partial charge in [0.05, 0.1) is 5.56 Å². The van der Waals surface area contributed by atoms with E-state index in [1.807, 2.05) is 0 Å². The molecular formula is C28H41F3. The van der Waals surface area contributed by atoms with Gasteiger partial charge >= 0.3 is 6.18 Å². The molecule has 174 valence electrons. The lowest BCUT2D eigenvalue weighted by Gasteiger charge is -2.37. The summed E-state index contributed by atoms with van der Waals surface area (Å²) in [7, 11) is 0. The Bertz CT molecular complexity index is 642. The minimum atomic E-state index is -4.24. The number of hydrogen-bond donors (Lipinski definition) is 0. The average molecular weight is 435 g/mol. The molecule has 1 aromatic rings. The topological polar surface area (TPSA) is 0 Å². The molecule has 2 aliphatic rings. The number of aryl methyl sites for hydroxylation is 1. The van der Waals surface area contributed by atoms with E-state index in [1.165, 1.54) is 89.2 Å². The van der Waals surface area contributed by atoms with E-state index in [0.29, 0.717) is 5.92 Å². The van der Waals surface area contributed by atoms with Gasteiger partial charge in [-0.3, -0.25) is 0 Å². The van der Waals surface area contributed by atoms with Crippen LogP contribution in [0, 0.1) is 23.7 Å². The largest absolute Gasteiger partial charge is 0.416 e. The van der Waals surface area contributed by atoms with Gasteiger partial charge < -0.3 is 0 Å². The number of alkyl halides is 3. The molecule has 2 fully saturated rings. The van der Waals surface area contributed by atoms with Crippen LogP contribution in [0.2, 0.25) is 0 Å². The van der Waals surface area contributed by atoms with Gasteiger partial charge in [-0.05, 0) is 92.7 Å². The van der Waals surface area contributed by atoms with Crippen molar-refractivity contribution in [3.8, 4) is 0 Å². The maximum atomic E-state index is 12.6. The molecule has 0 bridgehead atoms. The molecule has 3 heteroatoms. The van der Waals surface area contributed by atoms with Crippen molar-refractivity contribution in [3.05, 3.63) is 47.5 Å². The lowest BCUT2D eigenvalue weighted by Crippen LogP contribution is -2.25. The van der Waals surface area contributed by atoms with E-state index in [2.05, 4.69) is 19.1 Å². The fourth-order valence-electron chi connectivity index (χ4n) is 5.84. The van der Waals surface area contributed by atoms with Crippen LogP contribution < -0.4 is 0 Å². The summed E-state index contributed by atoms with van der Waals surface area (Å²) in [5, 5.41) is 0. The minimum absolute atomic E-state index is 0.562. The van der Waals surface area contributed by atoms with Gasteiger partial charge in [-0.25, -0.2) is 0 Å². The molecule has 0 amide bonds. The van der Waals surface area contributed by atoms with Crippen molar-refractivity contribution in [2.45, 2.75) is 103 Å². The minimum Gasteiger partial charge on any atom is -0.166 e. The quantitative estimate of drug-likeness (QED) is 0.268. The predicted molar refractivity (Wildman–Crippen MR) is 124 cm³/mol. The fourth-order valence-corrected chi connectivity index (χ4v) is 5.84. The zero-order valence-electron chi connectivity index (χ0n) is 19.3. The van der Waals surface area contributed by atoms with Crippen molar-refractivity contribution in [2.75, 3.05) is 0 Å². The molecule has 0 aliphatic heterocycles. The zero-order chi connectivity index (χ0) is 22.1. The molecule has 0 aromatic heterocycles. The number of halogens is 3. The molecular weight excluding hydrogens is 393 g/mol. The van der Waals surface area contributed by atoms with Crippen LogP contribution in [0.25, 0.3) is 0 Å². The maximum absolute atomic E-state index is 12.6. The Kier molecular flexibility index (Phi) is 9.53. The normalized spacial score (nSPS) is 27.6. The van der Waals surface area contributed by atoms with Crippen LogP contribution >= 0.6 is 0 Å². The highest BCUT2D eigenvalue weighted by Crippen LogP contribution is 2.42. The van der Waals surface area contributed by atoms with Gasteiger partial charge in [-0.2, -0.15) is 13.2 Å². The SMILES string of the molecule is CCCCC[C@H]1CC[C@H](C2CCC(/C=C/CCc3ccc(C(F)(F)F)cc3)CC2)CC1. The summed E-state index contributed by atoms with van der Waals surface area (Å²) in [6.45, 7) is 2.29. The average Bonchev–Trinajstić information content (AvgIpc) is 2.78. The van der Waals surface area contributed by atoms with Crippen LogP contribution in [0.1, 0.15) is 102 Å². The van der Waals surface area contributed by atoms with Gasteiger partial charge in [-0.1, -0.05) is 69.7 Å². The Morgan fingerprint density at radius 2 is 1.45 bits per heavy atom. The van der Waals surface area contributed by atoms with Crippen molar-refractivity contribution in [1.29, 1.82) is 0 Å². The van der Waals surface area contributed by atoms with Crippen LogP contribution in [0.3, 0.4) is 0 Å². The summed E-state index contributed by atoms with van der Waals surface area (Å²) in [4.78, 5) is 0. The molecule has 0 N–H and O–H groups in total. The summed E-state index contributed by atoms with van der Waals surface area (Å²) < 4.78 is 37.9. The number of benzene rings is 1. The Balaban J connectivity index is 1.31. The van der Waals surface area contributed by atoms with Crippen LogP contribution in [0.4, 0.5) is 13.2 Å². The maximum Gasteiger partial charge on any atom is 0.416 e. The van der Waals surface area contributed by atoms with Crippen LogP contribution in [0.15, 0.2) is 36.4 Å². The first-order valence-electron chi connectivity index (χ1n) is 12.8. The molecule has 31 heavy (non-hydrogen) atoms. The van der Waals surface area contributed by atoms with Crippen molar-refractivity contribution in [3.63, 3.8) is 0 Å². The van der Waals surface area contributed by atoms with Crippen LogP contribution in [0.5, 0.6) is 0 Å². The zero-order valence-corrected chi connectivity index (χ0v) is 19.3. The van der Waals surface area contributed by atoms with E-state index in [0.717, 1.165) is 36.2 Å². The Morgan fingerprint density at radius 3 is 2.03 bits per heavy atom. The Labute approximate surface area is 187 Å². The van der Waals surface area contributed by atoms with Crippen molar-refractivity contribution < 1.29 is 13.2 Å². The monoisotopic (exact) mass is 434 g/mol. The van der Waals surface area contributed by atoms with Gasteiger partial charge in [0.25, 0.3) is 0 Å². The second-order valence-corrected chi connectivity index (χ2v) is 10.1. The molecule has 0 nitrogen and oxygen atoms in total. The lowest BCUT2D eigenvalue weighted by atomic mass is 9.68. The van der Waals surface area contributed by atoms with Crippen molar-refractivity contribution >= 4 is 0 Å². The number of allylic oxidation sites excluding steroid dienone is 2. The van der Waals surface area contributed by atoms with E-state index in [9.17, 15) is 13.2 Å². The van der Waals surface area contributed by atoms with Gasteiger partial charge in [0.1, 0.15) is 0 Å². The molecule has 0 unspecified atom stereocenters. The van der Waals surface area contributed by atoms with Gasteiger partial charge in [0.15, 0.2) is 0 Å². The standard InChI is InChI=1S/C28H41F3/c1-2-3-4-7-22-10-16-25(17-11-22)26-18-12-23(13-19-26)8-5-6-9-24-14-20-27(21-15-24)28(29,30)31/h5,8,14-15,20-23,25-26H,2-4,6-7,9-13,16-19H2,1H3/b8-5+/t22-,23?,25-,26?. The second-order valence-electron chi connectivity index (χ2n) is 10.1. The summed E-state index contributed by atoms with van der Waals surface area (Å²) in [5.41, 5.74) is 0.417. The van der Waals surface area contributed by atoms with Gasteiger partial charge in [0, 0.05) is 0 Å². The second kappa shape index (κ2) is 12.1. The molecule has 0 atom stereocenters. The molecule has 2 saturated carbocycles. The molecule has 0 radical (unpaired) electrons. The van der Waals surface area contributed by atoms with E-state index >= 15 is 0 Å². The lowest BCUT2D eigenvalue weighted by molar-refractivity contribution is -0.137. The third kappa shape index (κ3) is 7.99. The van der Waals surface area contributed by atoms with E-state index in [-0.39, 0.29) is 0 Å². The number of rotatable bonds is 9. The van der Waals surface area contributed by atoms with Crippen molar-refractivity contribution in [2.24, 2.45) is 23.7 Å². The number of unbranched alkanes of at least 4 members (excludes halogenated alkanes) is 2. The third-order valence-electron chi connectivity index (χ3n) is 7.88. The highest BCUT2D eigenvalue weighted by atomic mass is 19.4. The Morgan fingerprint density at radius 1 is 0.839 bits per heavy atom. The van der Waals surface area contributed by atoms with E-state index in [1.54, 1.807) is 12.1 Å². The van der Waals surface area contributed by atoms with E-state index < -0.39 is 11.7 Å². The van der Waals surface area contributed by atoms with Crippen LogP contribution in [-0.4, -0.2) is 0 Å². The Hall–Kier alpha value is -1.25. The smallest absolute Gasteiger partial charge is 0.166 e. The molecule has 2 aliphatic carbocycles. The van der Waals surface area contributed by atoms with Crippen LogP contribution in [-0.2, 0) is 12.6 Å². The highest BCUT2D eigenvalue weighted by Gasteiger charge is 2.31. The first-order chi connectivity index (χ1) is 15.0.